The van der Waals surface area contributed by atoms with E-state index >= 15 is 0 Å². The Morgan fingerprint density at radius 2 is 1.81 bits per heavy atom. The molecule has 0 saturated heterocycles. The lowest BCUT2D eigenvalue weighted by atomic mass is 9.87. The van der Waals surface area contributed by atoms with E-state index < -0.39 is 23.3 Å². The van der Waals surface area contributed by atoms with E-state index in [1.807, 2.05) is 24.3 Å². The third kappa shape index (κ3) is 5.42. The summed E-state index contributed by atoms with van der Waals surface area (Å²) < 4.78 is 0. The first kappa shape index (κ1) is 17.0. The zero-order valence-corrected chi connectivity index (χ0v) is 13.0. The Balaban J connectivity index is 2.71. The molecular weight excluding hydrogens is 266 g/mol. The molecule has 1 aromatic carbocycles. The van der Waals surface area contributed by atoms with Crippen molar-refractivity contribution in [3.05, 3.63) is 41.5 Å². The number of hydrogen-bond donors (Lipinski definition) is 2. The van der Waals surface area contributed by atoms with Gasteiger partial charge in [-0.3, -0.25) is 4.79 Å². The van der Waals surface area contributed by atoms with E-state index in [2.05, 4.69) is 12.2 Å². The van der Waals surface area contributed by atoms with Crippen molar-refractivity contribution >= 4 is 18.0 Å². The maximum Gasteiger partial charge on any atom is 0.326 e. The minimum Gasteiger partial charge on any atom is -0.480 e. The van der Waals surface area contributed by atoms with Gasteiger partial charge in [0.05, 0.1) is 0 Å². The maximum atomic E-state index is 11.8. The quantitative estimate of drug-likeness (QED) is 0.819. The molecule has 0 aliphatic carbocycles. The molecule has 1 unspecified atom stereocenters. The first-order chi connectivity index (χ1) is 9.74. The third-order valence-electron chi connectivity index (χ3n) is 3.21. The fourth-order valence-electron chi connectivity index (χ4n) is 1.88. The Morgan fingerprint density at radius 3 is 2.24 bits per heavy atom. The SMILES string of the molecule is CCc1ccc(/C=C/C(=O)NC(C(=O)O)C(C)(C)C)cc1. The summed E-state index contributed by atoms with van der Waals surface area (Å²) in [5.74, 6) is -1.44. The van der Waals surface area contributed by atoms with Gasteiger partial charge in [-0.1, -0.05) is 52.0 Å². The van der Waals surface area contributed by atoms with Crippen molar-refractivity contribution in [3.63, 3.8) is 0 Å². The molecule has 4 heteroatoms. The van der Waals surface area contributed by atoms with E-state index in [4.69, 9.17) is 5.11 Å². The van der Waals surface area contributed by atoms with Crippen molar-refractivity contribution < 1.29 is 14.7 Å². The predicted molar refractivity (Wildman–Crippen MR) is 83.9 cm³/mol. The second kappa shape index (κ2) is 7.07. The van der Waals surface area contributed by atoms with Crippen LogP contribution in [0.25, 0.3) is 6.08 Å². The highest BCUT2D eigenvalue weighted by Gasteiger charge is 2.31. The molecular formula is C17H23NO3. The van der Waals surface area contributed by atoms with Gasteiger partial charge in [0, 0.05) is 6.08 Å². The first-order valence-corrected chi connectivity index (χ1v) is 7.04. The third-order valence-corrected chi connectivity index (χ3v) is 3.21. The molecule has 0 radical (unpaired) electrons. The molecule has 1 rings (SSSR count). The topological polar surface area (TPSA) is 66.4 Å². The Bertz CT molecular complexity index is 524. The summed E-state index contributed by atoms with van der Waals surface area (Å²) in [4.78, 5) is 23.0. The van der Waals surface area contributed by atoms with Gasteiger partial charge >= 0.3 is 5.97 Å². The zero-order valence-electron chi connectivity index (χ0n) is 13.0. The lowest BCUT2D eigenvalue weighted by Gasteiger charge is -2.27. The number of carboxylic acid groups (broad SMARTS) is 1. The van der Waals surface area contributed by atoms with E-state index in [-0.39, 0.29) is 0 Å². The van der Waals surface area contributed by atoms with Gasteiger partial charge < -0.3 is 10.4 Å². The van der Waals surface area contributed by atoms with Crippen LogP contribution >= 0.6 is 0 Å². The van der Waals surface area contributed by atoms with Gasteiger partial charge in [0.25, 0.3) is 0 Å². The maximum absolute atomic E-state index is 11.8. The number of amides is 1. The number of aryl methyl sites for hydroxylation is 1. The minimum absolute atomic E-state index is 0.406. The van der Waals surface area contributed by atoms with Gasteiger partial charge in [-0.25, -0.2) is 4.79 Å². The van der Waals surface area contributed by atoms with Crippen LogP contribution in [0.5, 0.6) is 0 Å². The van der Waals surface area contributed by atoms with Crippen LogP contribution in [-0.2, 0) is 16.0 Å². The van der Waals surface area contributed by atoms with Crippen molar-refractivity contribution in [2.75, 3.05) is 0 Å². The van der Waals surface area contributed by atoms with Crippen LogP contribution in [0, 0.1) is 5.41 Å². The van der Waals surface area contributed by atoms with Crippen LogP contribution in [0.15, 0.2) is 30.3 Å². The van der Waals surface area contributed by atoms with Crippen molar-refractivity contribution in [2.24, 2.45) is 5.41 Å². The molecule has 1 atom stereocenters. The van der Waals surface area contributed by atoms with E-state index in [1.165, 1.54) is 11.6 Å². The number of nitrogens with one attached hydrogen (secondary N) is 1. The van der Waals surface area contributed by atoms with Crippen molar-refractivity contribution in [1.29, 1.82) is 0 Å². The average Bonchev–Trinajstić information content (AvgIpc) is 2.41. The van der Waals surface area contributed by atoms with Gasteiger partial charge in [0.15, 0.2) is 0 Å². The number of carbonyl (C=O) groups excluding carboxylic acids is 1. The molecule has 0 heterocycles. The smallest absolute Gasteiger partial charge is 0.326 e. The average molecular weight is 289 g/mol. The van der Waals surface area contributed by atoms with E-state index in [1.54, 1.807) is 26.8 Å². The molecule has 0 spiro atoms. The molecule has 0 bridgehead atoms. The Kier molecular flexibility index (Phi) is 5.70. The van der Waals surface area contributed by atoms with Crippen LogP contribution in [-0.4, -0.2) is 23.0 Å². The lowest BCUT2D eigenvalue weighted by molar-refractivity contribution is -0.144. The monoisotopic (exact) mass is 289 g/mol. The molecule has 0 fully saturated rings. The molecule has 114 valence electrons. The van der Waals surface area contributed by atoms with E-state index in [0.29, 0.717) is 0 Å². The molecule has 4 nitrogen and oxygen atoms in total. The van der Waals surface area contributed by atoms with Gasteiger partial charge in [-0.15, -0.1) is 0 Å². The summed E-state index contributed by atoms with van der Waals surface area (Å²) >= 11 is 0. The van der Waals surface area contributed by atoms with Gasteiger partial charge in [-0.2, -0.15) is 0 Å². The second-order valence-corrected chi connectivity index (χ2v) is 6.07. The number of hydrogen-bond acceptors (Lipinski definition) is 2. The number of carboxylic acids is 1. The summed E-state index contributed by atoms with van der Waals surface area (Å²) in [6.45, 7) is 7.41. The summed E-state index contributed by atoms with van der Waals surface area (Å²) in [5.41, 5.74) is 1.60. The highest BCUT2D eigenvalue weighted by molar-refractivity contribution is 5.94. The van der Waals surface area contributed by atoms with Gasteiger partial charge in [-0.05, 0) is 29.0 Å². The normalized spacial score (nSPS) is 13.1. The number of aliphatic carboxylic acids is 1. The van der Waals surface area contributed by atoms with E-state index in [0.717, 1.165) is 12.0 Å². The predicted octanol–water partition coefficient (Wildman–Crippen LogP) is 2.88. The molecule has 0 saturated carbocycles. The Labute approximate surface area is 125 Å². The second-order valence-electron chi connectivity index (χ2n) is 6.07. The van der Waals surface area contributed by atoms with Crippen LogP contribution in [0.3, 0.4) is 0 Å². The van der Waals surface area contributed by atoms with Gasteiger partial charge in [0.2, 0.25) is 5.91 Å². The van der Waals surface area contributed by atoms with Gasteiger partial charge in [0.1, 0.15) is 6.04 Å². The van der Waals surface area contributed by atoms with Crippen molar-refractivity contribution in [2.45, 2.75) is 40.2 Å². The number of rotatable bonds is 5. The van der Waals surface area contributed by atoms with Crippen molar-refractivity contribution in [1.82, 2.24) is 5.32 Å². The lowest BCUT2D eigenvalue weighted by Crippen LogP contribution is -2.48. The molecule has 0 aliphatic rings. The largest absolute Gasteiger partial charge is 0.480 e. The van der Waals surface area contributed by atoms with Crippen LogP contribution in [0.4, 0.5) is 0 Å². The summed E-state index contributed by atoms with van der Waals surface area (Å²) in [5, 5.41) is 11.7. The zero-order chi connectivity index (χ0) is 16.0. The summed E-state index contributed by atoms with van der Waals surface area (Å²) in [7, 11) is 0. The van der Waals surface area contributed by atoms with Crippen molar-refractivity contribution in [3.8, 4) is 0 Å². The molecule has 1 amide bonds. The molecule has 0 aliphatic heterocycles. The highest BCUT2D eigenvalue weighted by Crippen LogP contribution is 2.19. The number of carbonyl (C=O) groups is 2. The van der Waals surface area contributed by atoms with Crippen LogP contribution in [0.2, 0.25) is 0 Å². The number of benzene rings is 1. The van der Waals surface area contributed by atoms with Crippen LogP contribution in [0.1, 0.15) is 38.8 Å². The fraction of sp³-hybridized carbons (Fsp3) is 0.412. The fourth-order valence-corrected chi connectivity index (χ4v) is 1.88. The van der Waals surface area contributed by atoms with Crippen LogP contribution < -0.4 is 5.32 Å². The summed E-state index contributed by atoms with van der Waals surface area (Å²) in [6.07, 6.45) is 4.01. The molecule has 21 heavy (non-hydrogen) atoms. The molecule has 2 N–H and O–H groups in total. The molecule has 1 aromatic rings. The highest BCUT2D eigenvalue weighted by atomic mass is 16.4. The Hall–Kier alpha value is -2.10. The Morgan fingerprint density at radius 1 is 1.24 bits per heavy atom. The summed E-state index contributed by atoms with van der Waals surface area (Å²) in [6, 6.07) is 6.96. The minimum atomic E-state index is -1.03. The first-order valence-electron chi connectivity index (χ1n) is 7.04. The molecule has 0 aromatic heterocycles. The van der Waals surface area contributed by atoms with E-state index in [9.17, 15) is 9.59 Å². The standard InChI is InChI=1S/C17H23NO3/c1-5-12-6-8-13(9-7-12)10-11-14(19)18-15(16(20)21)17(2,3)4/h6-11,15H,5H2,1-4H3,(H,18,19)(H,20,21)/b11-10+.